The van der Waals surface area contributed by atoms with Crippen molar-refractivity contribution in [3.63, 3.8) is 0 Å². The minimum absolute atomic E-state index is 0.0689. The molecule has 1 aliphatic rings. The summed E-state index contributed by atoms with van der Waals surface area (Å²) in [5, 5.41) is 3.12. The first-order valence-corrected chi connectivity index (χ1v) is 6.37. The van der Waals surface area contributed by atoms with E-state index in [4.69, 9.17) is 4.74 Å². The van der Waals surface area contributed by atoms with Crippen molar-refractivity contribution in [1.29, 1.82) is 0 Å². The maximum Gasteiger partial charge on any atom is 0.253 e. The van der Waals surface area contributed by atoms with Gasteiger partial charge >= 0.3 is 0 Å². The van der Waals surface area contributed by atoms with Crippen molar-refractivity contribution in [2.45, 2.75) is 19.4 Å². The monoisotopic (exact) mass is 257 g/mol. The highest BCUT2D eigenvalue weighted by Crippen LogP contribution is 2.04. The van der Waals surface area contributed by atoms with Crippen LogP contribution in [0.15, 0.2) is 0 Å². The Morgan fingerprint density at radius 1 is 1.39 bits per heavy atom. The van der Waals surface area contributed by atoms with Crippen LogP contribution in [-0.2, 0) is 14.3 Å². The lowest BCUT2D eigenvalue weighted by Gasteiger charge is -2.29. The van der Waals surface area contributed by atoms with Gasteiger partial charge in [-0.25, -0.2) is 0 Å². The predicted molar refractivity (Wildman–Crippen MR) is 68.2 cm³/mol. The lowest BCUT2D eigenvalue weighted by Crippen LogP contribution is -2.51. The van der Waals surface area contributed by atoms with Crippen molar-refractivity contribution in [3.05, 3.63) is 0 Å². The first-order valence-electron chi connectivity index (χ1n) is 6.37. The number of rotatable bonds is 5. The molecule has 1 N–H and O–H groups in total. The SMILES string of the molecule is CCCN(CC(=O)N(C)C)C(=O)C1CNCCO1. The number of carbonyl (C=O) groups excluding carboxylic acids is 2. The van der Waals surface area contributed by atoms with Crippen molar-refractivity contribution >= 4 is 11.8 Å². The summed E-state index contributed by atoms with van der Waals surface area (Å²) >= 11 is 0. The zero-order chi connectivity index (χ0) is 13.5. The van der Waals surface area contributed by atoms with Crippen molar-refractivity contribution in [3.8, 4) is 0 Å². The van der Waals surface area contributed by atoms with Gasteiger partial charge in [0.2, 0.25) is 5.91 Å². The first-order chi connectivity index (χ1) is 8.56. The molecule has 104 valence electrons. The molecule has 0 saturated carbocycles. The van der Waals surface area contributed by atoms with Crippen LogP contribution in [0.5, 0.6) is 0 Å². The molecule has 18 heavy (non-hydrogen) atoms. The summed E-state index contributed by atoms with van der Waals surface area (Å²) in [6, 6.07) is 0. The number of ether oxygens (including phenoxy) is 1. The van der Waals surface area contributed by atoms with Crippen LogP contribution in [0.3, 0.4) is 0 Å². The molecule has 1 saturated heterocycles. The van der Waals surface area contributed by atoms with Gasteiger partial charge in [-0.2, -0.15) is 0 Å². The molecule has 0 aromatic heterocycles. The van der Waals surface area contributed by atoms with E-state index in [2.05, 4.69) is 5.32 Å². The Morgan fingerprint density at radius 3 is 2.61 bits per heavy atom. The van der Waals surface area contributed by atoms with Gasteiger partial charge in [0, 0.05) is 33.7 Å². The standard InChI is InChI=1S/C12H23N3O3/c1-4-6-15(9-11(16)14(2)3)12(17)10-8-13-5-7-18-10/h10,13H,4-9H2,1-3H3. The fourth-order valence-electron chi connectivity index (χ4n) is 1.77. The lowest BCUT2D eigenvalue weighted by atomic mass is 10.2. The number of hydrogen-bond donors (Lipinski definition) is 1. The number of carbonyl (C=O) groups is 2. The number of nitrogens with one attached hydrogen (secondary N) is 1. The normalized spacial score (nSPS) is 19.4. The lowest BCUT2D eigenvalue weighted by molar-refractivity contribution is -0.149. The molecule has 0 radical (unpaired) electrons. The number of nitrogens with zero attached hydrogens (tertiary/aromatic N) is 2. The fraction of sp³-hybridized carbons (Fsp3) is 0.833. The molecule has 1 fully saturated rings. The third-order valence-electron chi connectivity index (χ3n) is 2.83. The minimum Gasteiger partial charge on any atom is -0.366 e. The van der Waals surface area contributed by atoms with Gasteiger partial charge in [-0.05, 0) is 6.42 Å². The maximum atomic E-state index is 12.2. The van der Waals surface area contributed by atoms with E-state index < -0.39 is 6.10 Å². The summed E-state index contributed by atoms with van der Waals surface area (Å²) in [6.45, 7) is 4.53. The molecule has 1 atom stereocenters. The number of morpholine rings is 1. The minimum atomic E-state index is -0.458. The second-order valence-electron chi connectivity index (χ2n) is 4.61. The van der Waals surface area contributed by atoms with Crippen LogP contribution in [0, 0.1) is 0 Å². The van der Waals surface area contributed by atoms with Crippen molar-refractivity contribution < 1.29 is 14.3 Å². The molecule has 6 heteroatoms. The van der Waals surface area contributed by atoms with Gasteiger partial charge in [-0.3, -0.25) is 9.59 Å². The van der Waals surface area contributed by atoms with Gasteiger partial charge < -0.3 is 19.9 Å². The van der Waals surface area contributed by atoms with Gasteiger partial charge in [0.25, 0.3) is 5.91 Å². The van der Waals surface area contributed by atoms with E-state index in [-0.39, 0.29) is 18.4 Å². The third-order valence-corrected chi connectivity index (χ3v) is 2.83. The van der Waals surface area contributed by atoms with E-state index in [1.165, 1.54) is 4.90 Å². The van der Waals surface area contributed by atoms with E-state index in [9.17, 15) is 9.59 Å². The molecule has 1 heterocycles. The van der Waals surface area contributed by atoms with Gasteiger partial charge in [-0.15, -0.1) is 0 Å². The van der Waals surface area contributed by atoms with Crippen molar-refractivity contribution in [2.24, 2.45) is 0 Å². The van der Waals surface area contributed by atoms with Crippen molar-refractivity contribution in [2.75, 3.05) is 46.9 Å². The number of likely N-dealkylation sites (N-methyl/N-ethyl adjacent to an activating group) is 1. The van der Waals surface area contributed by atoms with E-state index in [0.29, 0.717) is 19.7 Å². The largest absolute Gasteiger partial charge is 0.366 e. The summed E-state index contributed by atoms with van der Waals surface area (Å²) in [5.74, 6) is -0.167. The topological polar surface area (TPSA) is 61.9 Å². The van der Waals surface area contributed by atoms with Crippen LogP contribution < -0.4 is 5.32 Å². The summed E-state index contributed by atoms with van der Waals surface area (Å²) in [5.41, 5.74) is 0. The molecule has 1 unspecified atom stereocenters. The molecule has 0 aliphatic carbocycles. The summed E-state index contributed by atoms with van der Waals surface area (Å²) < 4.78 is 5.43. The molecule has 0 aromatic carbocycles. The molecule has 6 nitrogen and oxygen atoms in total. The summed E-state index contributed by atoms with van der Waals surface area (Å²) in [7, 11) is 3.38. The molecule has 0 aromatic rings. The molecule has 2 amide bonds. The Hall–Kier alpha value is -1.14. The fourth-order valence-corrected chi connectivity index (χ4v) is 1.77. The Kier molecular flexibility index (Phi) is 6.07. The van der Waals surface area contributed by atoms with Crippen LogP contribution in [0.2, 0.25) is 0 Å². The second kappa shape index (κ2) is 7.33. The average molecular weight is 257 g/mol. The van der Waals surface area contributed by atoms with Crippen LogP contribution in [0.1, 0.15) is 13.3 Å². The van der Waals surface area contributed by atoms with E-state index in [1.54, 1.807) is 19.0 Å². The Bertz CT molecular complexity index is 288. The molecule has 1 rings (SSSR count). The third kappa shape index (κ3) is 4.27. The summed E-state index contributed by atoms with van der Waals surface area (Å²) in [6.07, 6.45) is 0.368. The summed E-state index contributed by atoms with van der Waals surface area (Å²) in [4.78, 5) is 27.0. The van der Waals surface area contributed by atoms with Crippen LogP contribution in [-0.4, -0.2) is 74.6 Å². The van der Waals surface area contributed by atoms with Crippen LogP contribution >= 0.6 is 0 Å². The first kappa shape index (κ1) is 14.9. The smallest absolute Gasteiger partial charge is 0.253 e. The molecule has 1 aliphatic heterocycles. The van der Waals surface area contributed by atoms with Crippen LogP contribution in [0.25, 0.3) is 0 Å². The van der Waals surface area contributed by atoms with Crippen LogP contribution in [0.4, 0.5) is 0 Å². The Balaban J connectivity index is 2.58. The Morgan fingerprint density at radius 2 is 2.11 bits per heavy atom. The van der Waals surface area contributed by atoms with Gasteiger partial charge in [0.05, 0.1) is 13.2 Å². The highest BCUT2D eigenvalue weighted by atomic mass is 16.5. The van der Waals surface area contributed by atoms with Gasteiger partial charge in [0.15, 0.2) is 0 Å². The molecular weight excluding hydrogens is 234 g/mol. The molecule has 0 bridgehead atoms. The number of hydrogen-bond acceptors (Lipinski definition) is 4. The number of amides is 2. The quantitative estimate of drug-likeness (QED) is 0.707. The van der Waals surface area contributed by atoms with Crippen molar-refractivity contribution in [1.82, 2.24) is 15.1 Å². The molecular formula is C12H23N3O3. The highest BCUT2D eigenvalue weighted by molar-refractivity contribution is 5.87. The predicted octanol–water partition coefficient (Wildman–Crippen LogP) is -0.698. The molecule has 0 spiro atoms. The van der Waals surface area contributed by atoms with E-state index in [1.807, 2.05) is 6.92 Å². The average Bonchev–Trinajstić information content (AvgIpc) is 2.38. The van der Waals surface area contributed by atoms with E-state index in [0.717, 1.165) is 13.0 Å². The zero-order valence-electron chi connectivity index (χ0n) is 11.4. The van der Waals surface area contributed by atoms with Gasteiger partial charge in [0.1, 0.15) is 6.10 Å². The van der Waals surface area contributed by atoms with E-state index >= 15 is 0 Å². The van der Waals surface area contributed by atoms with Gasteiger partial charge in [-0.1, -0.05) is 6.92 Å². The zero-order valence-corrected chi connectivity index (χ0v) is 11.4. The maximum absolute atomic E-state index is 12.2. The Labute approximate surface area is 108 Å². The second-order valence-corrected chi connectivity index (χ2v) is 4.61. The highest BCUT2D eigenvalue weighted by Gasteiger charge is 2.27.